The van der Waals surface area contributed by atoms with Crippen molar-refractivity contribution in [2.75, 3.05) is 32.8 Å². The first-order chi connectivity index (χ1) is 12.1. The van der Waals surface area contributed by atoms with E-state index in [0.29, 0.717) is 0 Å². The molecule has 2 aliphatic rings. The number of piperidine rings is 1. The summed E-state index contributed by atoms with van der Waals surface area (Å²) in [5.74, 6) is 1.13. The maximum absolute atomic E-state index is 6.27. The average Bonchev–Trinajstić information content (AvgIpc) is 3.19. The van der Waals surface area contributed by atoms with Gasteiger partial charge in [-0.05, 0) is 19.8 Å². The van der Waals surface area contributed by atoms with E-state index in [0.717, 1.165) is 74.6 Å². The van der Waals surface area contributed by atoms with Gasteiger partial charge in [0.1, 0.15) is 15.8 Å². The zero-order valence-electron chi connectivity index (χ0n) is 15.0. The molecule has 1 spiro atoms. The number of rotatable bonds is 4. The number of ether oxygens (including phenoxy) is 1. The molecule has 4 rings (SSSR count). The van der Waals surface area contributed by atoms with Crippen molar-refractivity contribution >= 4 is 11.3 Å². The molecule has 136 valence electrons. The second-order valence-electron chi connectivity index (χ2n) is 7.19. The SMILES string of the molecule is Cc1nnc(CN2CCOC3(CCN(Cc4nccn4C)CC3)C2)s1. The van der Waals surface area contributed by atoms with E-state index in [-0.39, 0.29) is 5.60 Å². The van der Waals surface area contributed by atoms with Crippen molar-refractivity contribution in [2.45, 2.75) is 38.5 Å². The monoisotopic (exact) mass is 362 g/mol. The van der Waals surface area contributed by atoms with Gasteiger partial charge in [0.15, 0.2) is 0 Å². The van der Waals surface area contributed by atoms with Gasteiger partial charge in [0, 0.05) is 45.6 Å². The molecule has 2 aliphatic heterocycles. The van der Waals surface area contributed by atoms with Crippen LogP contribution in [0.4, 0.5) is 0 Å². The summed E-state index contributed by atoms with van der Waals surface area (Å²) in [5, 5.41) is 10.6. The Morgan fingerprint density at radius 1 is 1.16 bits per heavy atom. The van der Waals surface area contributed by atoms with E-state index < -0.39 is 0 Å². The molecule has 0 bridgehead atoms. The van der Waals surface area contributed by atoms with E-state index in [4.69, 9.17) is 4.74 Å². The number of hydrogen-bond donors (Lipinski definition) is 0. The van der Waals surface area contributed by atoms with Gasteiger partial charge in [-0.3, -0.25) is 9.80 Å². The minimum atomic E-state index is 0.0100. The van der Waals surface area contributed by atoms with Crippen molar-refractivity contribution in [1.29, 1.82) is 0 Å². The molecular formula is C17H26N6OS. The fourth-order valence-electron chi connectivity index (χ4n) is 3.82. The molecule has 0 radical (unpaired) electrons. The van der Waals surface area contributed by atoms with Crippen LogP contribution < -0.4 is 0 Å². The fourth-order valence-corrected chi connectivity index (χ4v) is 4.57. The minimum absolute atomic E-state index is 0.0100. The van der Waals surface area contributed by atoms with Gasteiger partial charge in [0.2, 0.25) is 0 Å². The van der Waals surface area contributed by atoms with Crippen LogP contribution in [0.1, 0.15) is 28.7 Å². The number of hydrogen-bond acceptors (Lipinski definition) is 7. The molecule has 2 aromatic heterocycles. The second-order valence-corrected chi connectivity index (χ2v) is 8.45. The standard InChI is InChI=1S/C17H26N6OS/c1-14-19-20-16(25-14)12-23-9-10-24-17(13-23)3-6-22(7-4-17)11-15-18-5-8-21(15)2/h5,8H,3-4,6-7,9-13H2,1-2H3. The van der Waals surface area contributed by atoms with Crippen LogP contribution in [0.15, 0.2) is 12.4 Å². The summed E-state index contributed by atoms with van der Waals surface area (Å²) in [4.78, 5) is 9.42. The van der Waals surface area contributed by atoms with Crippen LogP contribution in [0.5, 0.6) is 0 Å². The number of nitrogens with zero attached hydrogens (tertiary/aromatic N) is 6. The lowest BCUT2D eigenvalue weighted by atomic mass is 9.89. The molecule has 0 aromatic carbocycles. The fraction of sp³-hybridized carbons (Fsp3) is 0.706. The summed E-state index contributed by atoms with van der Waals surface area (Å²) in [5.41, 5.74) is 0.0100. The molecule has 0 unspecified atom stereocenters. The summed E-state index contributed by atoms with van der Waals surface area (Å²) in [7, 11) is 2.06. The smallest absolute Gasteiger partial charge is 0.131 e. The maximum Gasteiger partial charge on any atom is 0.131 e. The molecule has 25 heavy (non-hydrogen) atoms. The third-order valence-electron chi connectivity index (χ3n) is 5.31. The summed E-state index contributed by atoms with van der Waals surface area (Å²) in [6, 6.07) is 0. The first kappa shape index (κ1) is 17.1. The first-order valence-corrected chi connectivity index (χ1v) is 9.77. The van der Waals surface area contributed by atoms with Crippen molar-refractivity contribution in [1.82, 2.24) is 29.5 Å². The molecular weight excluding hydrogens is 336 g/mol. The van der Waals surface area contributed by atoms with Crippen LogP contribution in [0, 0.1) is 6.92 Å². The zero-order chi connectivity index (χ0) is 17.3. The Balaban J connectivity index is 1.32. The largest absolute Gasteiger partial charge is 0.372 e. The van der Waals surface area contributed by atoms with Crippen LogP contribution >= 0.6 is 11.3 Å². The number of imidazole rings is 1. The molecule has 0 saturated carbocycles. The third kappa shape index (κ3) is 3.92. The highest BCUT2D eigenvalue weighted by Crippen LogP contribution is 2.31. The molecule has 0 aliphatic carbocycles. The van der Waals surface area contributed by atoms with E-state index >= 15 is 0 Å². The summed E-state index contributed by atoms with van der Waals surface area (Å²) >= 11 is 1.70. The number of aromatic nitrogens is 4. The summed E-state index contributed by atoms with van der Waals surface area (Å²) in [6.07, 6.45) is 6.06. The van der Waals surface area contributed by atoms with Crippen molar-refractivity contribution in [3.8, 4) is 0 Å². The van der Waals surface area contributed by atoms with Gasteiger partial charge < -0.3 is 9.30 Å². The lowest BCUT2D eigenvalue weighted by Gasteiger charge is -2.47. The Kier molecular flexibility index (Phi) is 4.86. The van der Waals surface area contributed by atoms with Gasteiger partial charge in [0.05, 0.1) is 25.3 Å². The van der Waals surface area contributed by atoms with Crippen LogP contribution in [0.25, 0.3) is 0 Å². The predicted molar refractivity (Wildman–Crippen MR) is 96.3 cm³/mol. The Hall–Kier alpha value is -1.35. The molecule has 2 fully saturated rings. The van der Waals surface area contributed by atoms with Crippen molar-refractivity contribution in [3.63, 3.8) is 0 Å². The molecule has 8 heteroatoms. The Morgan fingerprint density at radius 3 is 2.68 bits per heavy atom. The molecule has 0 N–H and O–H groups in total. The molecule has 2 aromatic rings. The van der Waals surface area contributed by atoms with Gasteiger partial charge in [-0.15, -0.1) is 21.5 Å². The van der Waals surface area contributed by atoms with E-state index in [1.165, 1.54) is 0 Å². The van der Waals surface area contributed by atoms with Gasteiger partial charge in [0.25, 0.3) is 0 Å². The highest BCUT2D eigenvalue weighted by atomic mass is 32.1. The lowest BCUT2D eigenvalue weighted by Crippen LogP contribution is -2.56. The van der Waals surface area contributed by atoms with Crippen LogP contribution in [0.2, 0.25) is 0 Å². The highest BCUT2D eigenvalue weighted by Gasteiger charge is 2.39. The predicted octanol–water partition coefficient (Wildman–Crippen LogP) is 1.45. The van der Waals surface area contributed by atoms with Gasteiger partial charge in [-0.1, -0.05) is 0 Å². The third-order valence-corrected chi connectivity index (χ3v) is 6.13. The van der Waals surface area contributed by atoms with Crippen LogP contribution in [0.3, 0.4) is 0 Å². The van der Waals surface area contributed by atoms with Crippen LogP contribution in [-0.2, 0) is 24.9 Å². The van der Waals surface area contributed by atoms with Gasteiger partial charge in [-0.25, -0.2) is 4.98 Å². The molecule has 0 atom stereocenters. The van der Waals surface area contributed by atoms with Gasteiger partial charge >= 0.3 is 0 Å². The number of morpholine rings is 1. The molecule has 2 saturated heterocycles. The second kappa shape index (κ2) is 7.11. The van der Waals surface area contributed by atoms with Crippen molar-refractivity contribution in [2.24, 2.45) is 7.05 Å². The van der Waals surface area contributed by atoms with Gasteiger partial charge in [-0.2, -0.15) is 0 Å². The Labute approximate surface area is 152 Å². The number of likely N-dealkylation sites (tertiary alicyclic amines) is 1. The normalized spacial score (nSPS) is 21.8. The molecule has 7 nitrogen and oxygen atoms in total. The van der Waals surface area contributed by atoms with E-state index in [2.05, 4.69) is 36.6 Å². The van der Waals surface area contributed by atoms with E-state index in [1.807, 2.05) is 19.3 Å². The summed E-state index contributed by atoms with van der Waals surface area (Å²) < 4.78 is 8.37. The van der Waals surface area contributed by atoms with Crippen molar-refractivity contribution in [3.05, 3.63) is 28.2 Å². The first-order valence-electron chi connectivity index (χ1n) is 8.96. The maximum atomic E-state index is 6.27. The Morgan fingerprint density at radius 2 is 2.00 bits per heavy atom. The van der Waals surface area contributed by atoms with Crippen LogP contribution in [-0.4, -0.2) is 67.9 Å². The van der Waals surface area contributed by atoms with E-state index in [1.54, 1.807) is 11.3 Å². The average molecular weight is 363 g/mol. The molecule has 0 amide bonds. The number of aryl methyl sites for hydroxylation is 2. The summed E-state index contributed by atoms with van der Waals surface area (Å²) in [6.45, 7) is 8.77. The zero-order valence-corrected chi connectivity index (χ0v) is 15.8. The quantitative estimate of drug-likeness (QED) is 0.820. The minimum Gasteiger partial charge on any atom is -0.372 e. The van der Waals surface area contributed by atoms with Crippen molar-refractivity contribution < 1.29 is 4.74 Å². The highest BCUT2D eigenvalue weighted by molar-refractivity contribution is 7.11. The molecule has 4 heterocycles. The van der Waals surface area contributed by atoms with E-state index in [9.17, 15) is 0 Å². The Bertz CT molecular complexity index is 706. The topological polar surface area (TPSA) is 59.3 Å². The lowest BCUT2D eigenvalue weighted by molar-refractivity contribution is -0.138.